The lowest BCUT2D eigenvalue weighted by Gasteiger charge is -2.34. The number of nitro groups is 1. The average Bonchev–Trinajstić information content (AvgIpc) is 2.39. The summed E-state index contributed by atoms with van der Waals surface area (Å²) in [5, 5.41) is 14.1. The van der Waals surface area contributed by atoms with Gasteiger partial charge in [0.1, 0.15) is 0 Å². The van der Waals surface area contributed by atoms with Crippen molar-refractivity contribution in [1.29, 1.82) is 0 Å². The number of amides is 1. The molecule has 0 bridgehead atoms. The summed E-state index contributed by atoms with van der Waals surface area (Å²) in [6.45, 7) is 4.17. The summed E-state index contributed by atoms with van der Waals surface area (Å²) in [5.74, 6) is -0.0525. The first-order chi connectivity index (χ1) is 9.09. The summed E-state index contributed by atoms with van der Waals surface area (Å²) < 4.78 is 0. The zero-order valence-electron chi connectivity index (χ0n) is 11.2. The Bertz CT molecular complexity index is 496. The molecule has 0 aromatic heterocycles. The van der Waals surface area contributed by atoms with E-state index in [1.807, 2.05) is 6.92 Å². The molecule has 7 heteroatoms. The maximum atomic E-state index is 12.2. The molecule has 1 aromatic rings. The summed E-state index contributed by atoms with van der Waals surface area (Å²) >= 11 is 0. The number of carbonyl (C=O) groups excluding carboxylic acids is 1. The quantitative estimate of drug-likeness (QED) is 0.676. The van der Waals surface area contributed by atoms with Crippen LogP contribution in [0.1, 0.15) is 12.5 Å². The van der Waals surface area contributed by atoms with Gasteiger partial charge in [-0.25, -0.2) is 0 Å². The predicted molar refractivity (Wildman–Crippen MR) is 78.1 cm³/mol. The van der Waals surface area contributed by atoms with Gasteiger partial charge in [-0.05, 0) is 6.92 Å². The van der Waals surface area contributed by atoms with Gasteiger partial charge in [0.25, 0.3) is 5.69 Å². The second-order valence-electron chi connectivity index (χ2n) is 4.70. The molecule has 1 fully saturated rings. The van der Waals surface area contributed by atoms with Crippen molar-refractivity contribution in [2.45, 2.75) is 19.4 Å². The highest BCUT2D eigenvalue weighted by atomic mass is 35.5. The molecule has 0 spiro atoms. The number of nitrogens with zero attached hydrogens (tertiary/aromatic N) is 2. The number of piperazine rings is 1. The van der Waals surface area contributed by atoms with Crippen LogP contribution in [-0.2, 0) is 11.2 Å². The lowest BCUT2D eigenvalue weighted by atomic mass is 10.1. The molecule has 1 atom stereocenters. The van der Waals surface area contributed by atoms with E-state index < -0.39 is 4.92 Å². The summed E-state index contributed by atoms with van der Waals surface area (Å²) in [4.78, 5) is 24.5. The molecule has 0 unspecified atom stereocenters. The van der Waals surface area contributed by atoms with E-state index in [1.54, 1.807) is 23.1 Å². The molecule has 0 saturated carbocycles. The summed E-state index contributed by atoms with van der Waals surface area (Å²) in [6.07, 6.45) is 0.0848. The zero-order chi connectivity index (χ0) is 13.8. The van der Waals surface area contributed by atoms with E-state index in [1.165, 1.54) is 6.07 Å². The van der Waals surface area contributed by atoms with E-state index >= 15 is 0 Å². The number of carbonyl (C=O) groups is 1. The number of nitrogens with one attached hydrogen (secondary N) is 1. The molecule has 1 aliphatic rings. The van der Waals surface area contributed by atoms with Gasteiger partial charge in [-0.1, -0.05) is 18.2 Å². The van der Waals surface area contributed by atoms with Crippen LogP contribution in [0.3, 0.4) is 0 Å². The van der Waals surface area contributed by atoms with E-state index in [0.29, 0.717) is 12.1 Å². The topological polar surface area (TPSA) is 75.5 Å². The lowest BCUT2D eigenvalue weighted by molar-refractivity contribution is -0.385. The van der Waals surface area contributed by atoms with E-state index in [-0.39, 0.29) is 36.5 Å². The first kappa shape index (κ1) is 16.4. The van der Waals surface area contributed by atoms with Crippen molar-refractivity contribution < 1.29 is 9.72 Å². The number of benzene rings is 1. The largest absolute Gasteiger partial charge is 0.337 e. The molecule has 1 heterocycles. The molecule has 1 N–H and O–H groups in total. The Hall–Kier alpha value is -1.66. The van der Waals surface area contributed by atoms with E-state index in [2.05, 4.69) is 5.32 Å². The highest BCUT2D eigenvalue weighted by Gasteiger charge is 2.25. The van der Waals surface area contributed by atoms with Gasteiger partial charge < -0.3 is 10.2 Å². The molecule has 1 aromatic carbocycles. The van der Waals surface area contributed by atoms with Crippen molar-refractivity contribution in [3.8, 4) is 0 Å². The lowest BCUT2D eigenvalue weighted by Crippen LogP contribution is -2.52. The fourth-order valence-corrected chi connectivity index (χ4v) is 2.31. The molecular weight excluding hydrogens is 282 g/mol. The van der Waals surface area contributed by atoms with Gasteiger partial charge in [-0.2, -0.15) is 0 Å². The Labute approximate surface area is 123 Å². The van der Waals surface area contributed by atoms with E-state index in [0.717, 1.165) is 13.1 Å². The van der Waals surface area contributed by atoms with Gasteiger partial charge in [0.15, 0.2) is 0 Å². The molecule has 6 nitrogen and oxygen atoms in total. The van der Waals surface area contributed by atoms with Crippen LogP contribution in [0.5, 0.6) is 0 Å². The van der Waals surface area contributed by atoms with Crippen LogP contribution in [0.15, 0.2) is 24.3 Å². The minimum absolute atomic E-state index is 0. The third-order valence-electron chi connectivity index (χ3n) is 3.35. The van der Waals surface area contributed by atoms with Gasteiger partial charge in [-0.3, -0.25) is 14.9 Å². The van der Waals surface area contributed by atoms with E-state index in [9.17, 15) is 14.9 Å². The smallest absolute Gasteiger partial charge is 0.273 e. The van der Waals surface area contributed by atoms with Crippen molar-refractivity contribution in [2.75, 3.05) is 19.6 Å². The van der Waals surface area contributed by atoms with Crippen LogP contribution in [0, 0.1) is 10.1 Å². The third-order valence-corrected chi connectivity index (χ3v) is 3.35. The van der Waals surface area contributed by atoms with Crippen molar-refractivity contribution in [1.82, 2.24) is 10.2 Å². The molecule has 110 valence electrons. The van der Waals surface area contributed by atoms with Gasteiger partial charge in [0.2, 0.25) is 5.91 Å². The number of halogens is 1. The summed E-state index contributed by atoms with van der Waals surface area (Å²) in [6, 6.07) is 6.53. The Kier molecular flexibility index (Phi) is 5.91. The average molecular weight is 300 g/mol. The summed E-state index contributed by atoms with van der Waals surface area (Å²) in [7, 11) is 0. The van der Waals surface area contributed by atoms with Crippen LogP contribution in [0.2, 0.25) is 0 Å². The standard InChI is InChI=1S/C13H17N3O3.ClH/c1-10-9-14-6-7-15(10)13(17)8-11-4-2-3-5-12(11)16(18)19;/h2-5,10,14H,6-9H2,1H3;1H/t10-;/m0./s1. The Balaban J connectivity index is 0.00000200. The fraction of sp³-hybridized carbons (Fsp3) is 0.462. The maximum absolute atomic E-state index is 12.2. The third kappa shape index (κ3) is 3.68. The van der Waals surface area contributed by atoms with Gasteiger partial charge >= 0.3 is 0 Å². The van der Waals surface area contributed by atoms with Crippen molar-refractivity contribution in [2.24, 2.45) is 0 Å². The number of nitro benzene ring substituents is 1. The molecular formula is C13H18ClN3O3. The van der Waals surface area contributed by atoms with Gasteiger partial charge in [0.05, 0.1) is 11.3 Å². The number of para-hydroxylation sites is 1. The molecule has 20 heavy (non-hydrogen) atoms. The SMILES string of the molecule is C[C@H]1CNCCN1C(=O)Cc1ccccc1[N+](=O)[O-].Cl. The second kappa shape index (κ2) is 7.21. The maximum Gasteiger partial charge on any atom is 0.273 e. The first-order valence-corrected chi connectivity index (χ1v) is 6.32. The van der Waals surface area contributed by atoms with E-state index in [4.69, 9.17) is 0 Å². The number of hydrogen-bond acceptors (Lipinski definition) is 4. The predicted octanol–water partition coefficient (Wildman–Crippen LogP) is 1.38. The van der Waals surface area contributed by atoms with Crippen LogP contribution in [0.25, 0.3) is 0 Å². The highest BCUT2D eigenvalue weighted by molar-refractivity contribution is 5.85. The van der Waals surface area contributed by atoms with Gasteiger partial charge in [0, 0.05) is 37.3 Å². The zero-order valence-corrected chi connectivity index (χ0v) is 12.1. The van der Waals surface area contributed by atoms with Crippen LogP contribution >= 0.6 is 12.4 Å². The first-order valence-electron chi connectivity index (χ1n) is 6.32. The summed E-state index contributed by atoms with van der Waals surface area (Å²) in [5.41, 5.74) is 0.488. The Morgan fingerprint density at radius 1 is 1.50 bits per heavy atom. The molecule has 2 rings (SSSR count). The van der Waals surface area contributed by atoms with Crippen molar-refractivity contribution in [3.05, 3.63) is 39.9 Å². The number of rotatable bonds is 3. The molecule has 1 aliphatic heterocycles. The highest BCUT2D eigenvalue weighted by Crippen LogP contribution is 2.19. The van der Waals surface area contributed by atoms with Crippen molar-refractivity contribution >= 4 is 24.0 Å². The minimum atomic E-state index is -0.441. The molecule has 0 aliphatic carbocycles. The van der Waals surface area contributed by atoms with Crippen molar-refractivity contribution in [3.63, 3.8) is 0 Å². The van der Waals surface area contributed by atoms with Crippen LogP contribution in [0.4, 0.5) is 5.69 Å². The van der Waals surface area contributed by atoms with Gasteiger partial charge in [-0.15, -0.1) is 12.4 Å². The number of hydrogen-bond donors (Lipinski definition) is 1. The molecule has 0 radical (unpaired) electrons. The Morgan fingerprint density at radius 3 is 2.85 bits per heavy atom. The normalized spacial score (nSPS) is 18.2. The van der Waals surface area contributed by atoms with Crippen LogP contribution in [-0.4, -0.2) is 41.4 Å². The second-order valence-corrected chi connectivity index (χ2v) is 4.70. The fourth-order valence-electron chi connectivity index (χ4n) is 2.31. The molecule has 1 amide bonds. The van der Waals surface area contributed by atoms with Crippen LogP contribution < -0.4 is 5.32 Å². The minimum Gasteiger partial charge on any atom is -0.337 e. The molecule has 1 saturated heterocycles. The monoisotopic (exact) mass is 299 g/mol. The Morgan fingerprint density at radius 2 is 2.20 bits per heavy atom.